The molecular formula is C15H31NO. The minimum Gasteiger partial charge on any atom is -0.366 e. The molecule has 1 unspecified atom stereocenters. The molecule has 0 aromatic rings. The highest BCUT2D eigenvalue weighted by Crippen LogP contribution is 1.99. The Kier molecular flexibility index (Phi) is 17.2. The first-order chi connectivity index (χ1) is 8.20. The summed E-state index contributed by atoms with van der Waals surface area (Å²) in [6.45, 7) is 13.2. The fourth-order valence-electron chi connectivity index (χ4n) is 1.34. The van der Waals surface area contributed by atoms with Gasteiger partial charge in [-0.25, -0.2) is 0 Å². The van der Waals surface area contributed by atoms with Crippen LogP contribution in [0.25, 0.3) is 0 Å². The Hall–Kier alpha value is -0.520. The van der Waals surface area contributed by atoms with Gasteiger partial charge in [0, 0.05) is 13.0 Å². The first-order valence-electron chi connectivity index (χ1n) is 6.96. The third-order valence-corrected chi connectivity index (χ3v) is 2.26. The van der Waals surface area contributed by atoms with Crippen LogP contribution in [0.4, 0.5) is 0 Å². The molecule has 0 aromatic carbocycles. The van der Waals surface area contributed by atoms with Gasteiger partial charge in [-0.3, -0.25) is 0 Å². The van der Waals surface area contributed by atoms with Gasteiger partial charge in [-0.15, -0.1) is 5.92 Å². The van der Waals surface area contributed by atoms with Crippen LogP contribution in [0.15, 0.2) is 0 Å². The van der Waals surface area contributed by atoms with Crippen LogP contribution in [0.2, 0.25) is 0 Å². The monoisotopic (exact) mass is 241 g/mol. The van der Waals surface area contributed by atoms with Crippen LogP contribution < -0.4 is 0 Å². The average molecular weight is 241 g/mol. The normalized spacial score (nSPS) is 11.2. The second kappa shape index (κ2) is 15.5. The van der Waals surface area contributed by atoms with Crippen molar-refractivity contribution in [1.82, 2.24) is 4.90 Å². The van der Waals surface area contributed by atoms with E-state index in [1.807, 2.05) is 13.8 Å². The van der Waals surface area contributed by atoms with E-state index in [2.05, 4.69) is 44.6 Å². The first-order valence-corrected chi connectivity index (χ1v) is 6.96. The van der Waals surface area contributed by atoms with Crippen LogP contribution in [-0.2, 0) is 4.74 Å². The molecule has 0 aromatic heterocycles. The van der Waals surface area contributed by atoms with E-state index in [9.17, 15) is 0 Å². The van der Waals surface area contributed by atoms with Gasteiger partial charge >= 0.3 is 0 Å². The number of rotatable bonds is 7. The van der Waals surface area contributed by atoms with Gasteiger partial charge < -0.3 is 9.64 Å². The van der Waals surface area contributed by atoms with E-state index >= 15 is 0 Å². The Morgan fingerprint density at radius 3 is 2.29 bits per heavy atom. The van der Waals surface area contributed by atoms with Crippen molar-refractivity contribution in [2.75, 3.05) is 26.7 Å². The molecule has 1 atom stereocenters. The molecule has 0 heterocycles. The van der Waals surface area contributed by atoms with Crippen molar-refractivity contribution in [2.45, 2.75) is 60.0 Å². The summed E-state index contributed by atoms with van der Waals surface area (Å²) in [5.74, 6) is 6.00. The Morgan fingerprint density at radius 2 is 1.76 bits per heavy atom. The predicted molar refractivity (Wildman–Crippen MR) is 77.2 cm³/mol. The van der Waals surface area contributed by atoms with Crippen molar-refractivity contribution < 1.29 is 4.74 Å². The zero-order chi connectivity index (χ0) is 13.5. The fourth-order valence-corrected chi connectivity index (χ4v) is 1.34. The van der Waals surface area contributed by atoms with Crippen molar-refractivity contribution in [1.29, 1.82) is 0 Å². The van der Waals surface area contributed by atoms with E-state index in [4.69, 9.17) is 4.74 Å². The lowest BCUT2D eigenvalue weighted by atomic mass is 10.2. The van der Waals surface area contributed by atoms with Gasteiger partial charge in [0.05, 0.1) is 6.10 Å². The van der Waals surface area contributed by atoms with Crippen LogP contribution in [0, 0.1) is 11.8 Å². The van der Waals surface area contributed by atoms with Crippen molar-refractivity contribution in [3.63, 3.8) is 0 Å². The zero-order valence-corrected chi connectivity index (χ0v) is 12.7. The Bertz CT molecular complexity index is 193. The molecule has 0 aliphatic rings. The topological polar surface area (TPSA) is 12.5 Å². The van der Waals surface area contributed by atoms with Crippen LogP contribution in [0.5, 0.6) is 0 Å². The summed E-state index contributed by atoms with van der Waals surface area (Å²) in [6, 6.07) is 0. The largest absolute Gasteiger partial charge is 0.366 e. The van der Waals surface area contributed by atoms with E-state index < -0.39 is 0 Å². The van der Waals surface area contributed by atoms with E-state index in [-0.39, 0.29) is 0 Å². The third-order valence-electron chi connectivity index (χ3n) is 2.26. The Labute approximate surface area is 109 Å². The van der Waals surface area contributed by atoms with Gasteiger partial charge in [0.1, 0.15) is 6.61 Å². The van der Waals surface area contributed by atoms with Crippen LogP contribution >= 0.6 is 0 Å². The third kappa shape index (κ3) is 15.5. The summed E-state index contributed by atoms with van der Waals surface area (Å²) >= 11 is 0. The highest BCUT2D eigenvalue weighted by molar-refractivity contribution is 4.97. The lowest BCUT2D eigenvalue weighted by Gasteiger charge is -2.18. The molecule has 102 valence electrons. The smallest absolute Gasteiger partial charge is 0.108 e. The number of nitrogens with zero attached hydrogens (tertiary/aromatic N) is 1. The van der Waals surface area contributed by atoms with Crippen molar-refractivity contribution in [3.8, 4) is 11.8 Å². The number of ether oxygens (including phenoxy) is 1. The summed E-state index contributed by atoms with van der Waals surface area (Å²) in [7, 11) is 2.16. The van der Waals surface area contributed by atoms with Gasteiger partial charge in [0.15, 0.2) is 0 Å². The molecule has 0 aliphatic carbocycles. The van der Waals surface area contributed by atoms with Gasteiger partial charge in [0.2, 0.25) is 0 Å². The molecular weight excluding hydrogens is 210 g/mol. The van der Waals surface area contributed by atoms with E-state index in [1.165, 1.54) is 13.0 Å². The van der Waals surface area contributed by atoms with Gasteiger partial charge in [-0.1, -0.05) is 33.6 Å². The van der Waals surface area contributed by atoms with Gasteiger partial charge in [-0.2, -0.15) is 0 Å². The summed E-state index contributed by atoms with van der Waals surface area (Å²) in [6.07, 6.45) is 3.53. The second-order valence-electron chi connectivity index (χ2n) is 3.92. The van der Waals surface area contributed by atoms with Gasteiger partial charge in [0.25, 0.3) is 0 Å². The van der Waals surface area contributed by atoms with E-state index in [0.717, 1.165) is 19.4 Å². The maximum absolute atomic E-state index is 5.57. The lowest BCUT2D eigenvalue weighted by Crippen LogP contribution is -2.24. The zero-order valence-electron chi connectivity index (χ0n) is 12.7. The highest BCUT2D eigenvalue weighted by Gasteiger charge is 2.03. The SMILES string of the molecule is CC.CCC#CCOC(C)CCN(C)CCC. The van der Waals surface area contributed by atoms with Crippen molar-refractivity contribution in [3.05, 3.63) is 0 Å². The minimum atomic E-state index is 0.315. The highest BCUT2D eigenvalue weighted by atomic mass is 16.5. The molecule has 0 saturated heterocycles. The summed E-state index contributed by atoms with van der Waals surface area (Å²) in [5.41, 5.74) is 0. The Balaban J connectivity index is 0. The summed E-state index contributed by atoms with van der Waals surface area (Å²) < 4.78 is 5.57. The van der Waals surface area contributed by atoms with Crippen molar-refractivity contribution >= 4 is 0 Å². The second-order valence-corrected chi connectivity index (χ2v) is 3.92. The maximum atomic E-state index is 5.57. The van der Waals surface area contributed by atoms with E-state index in [0.29, 0.717) is 12.7 Å². The van der Waals surface area contributed by atoms with Crippen molar-refractivity contribution in [2.24, 2.45) is 0 Å². The predicted octanol–water partition coefficient (Wildman–Crippen LogP) is 3.56. The molecule has 2 nitrogen and oxygen atoms in total. The first kappa shape index (κ1) is 18.8. The molecule has 0 saturated carbocycles. The van der Waals surface area contributed by atoms with Crippen LogP contribution in [0.1, 0.15) is 53.9 Å². The number of hydrogen-bond donors (Lipinski definition) is 0. The summed E-state index contributed by atoms with van der Waals surface area (Å²) in [5, 5.41) is 0. The molecule has 0 rings (SSSR count). The van der Waals surface area contributed by atoms with E-state index in [1.54, 1.807) is 0 Å². The molecule has 0 bridgehead atoms. The van der Waals surface area contributed by atoms with Crippen LogP contribution in [-0.4, -0.2) is 37.7 Å². The quantitative estimate of drug-likeness (QED) is 0.632. The summed E-state index contributed by atoms with van der Waals surface area (Å²) in [4.78, 5) is 2.34. The van der Waals surface area contributed by atoms with Gasteiger partial charge in [-0.05, 0) is 33.4 Å². The standard InChI is InChI=1S/C13H25NO.C2H6/c1-5-7-8-12-15-13(3)9-11-14(4)10-6-2;1-2/h13H,5-6,9-12H2,1-4H3;1-2H3. The molecule has 0 N–H and O–H groups in total. The molecule has 0 fully saturated rings. The lowest BCUT2D eigenvalue weighted by molar-refractivity contribution is 0.0776. The number of hydrogen-bond acceptors (Lipinski definition) is 2. The van der Waals surface area contributed by atoms with Crippen LogP contribution in [0.3, 0.4) is 0 Å². The molecule has 0 aliphatic heterocycles. The molecule has 2 heteroatoms. The molecule has 0 radical (unpaired) electrons. The molecule has 0 spiro atoms. The minimum absolute atomic E-state index is 0.315. The maximum Gasteiger partial charge on any atom is 0.108 e. The average Bonchev–Trinajstić information content (AvgIpc) is 2.35. The molecule has 17 heavy (non-hydrogen) atoms. The Morgan fingerprint density at radius 1 is 1.12 bits per heavy atom. The fraction of sp³-hybridized carbons (Fsp3) is 0.867. The molecule has 0 amide bonds.